The standard InChI is InChI=1S/C15H21N5OS2/c1-20-14(11-4-2-6-16-8-11)18-19-15(20)23-10-13(21)17-9-12-5-3-7-22-12/h3,5,7,11,16H,2,4,6,8-10H2,1H3,(H,17,21). The van der Waals surface area contributed by atoms with E-state index in [1.165, 1.54) is 18.2 Å². The van der Waals surface area contributed by atoms with Gasteiger partial charge in [-0.05, 0) is 30.8 Å². The first kappa shape index (κ1) is 16.5. The molecule has 1 saturated heterocycles. The van der Waals surface area contributed by atoms with Crippen LogP contribution in [-0.4, -0.2) is 39.5 Å². The van der Waals surface area contributed by atoms with Crippen LogP contribution >= 0.6 is 23.1 Å². The van der Waals surface area contributed by atoms with Crippen molar-refractivity contribution in [2.24, 2.45) is 7.05 Å². The number of aromatic nitrogens is 3. The Morgan fingerprint density at radius 1 is 1.57 bits per heavy atom. The summed E-state index contributed by atoms with van der Waals surface area (Å²) in [5.74, 6) is 1.81. The third-order valence-electron chi connectivity index (χ3n) is 3.90. The Morgan fingerprint density at radius 3 is 3.22 bits per heavy atom. The minimum absolute atomic E-state index is 0.0206. The van der Waals surface area contributed by atoms with Gasteiger partial charge < -0.3 is 15.2 Å². The maximum atomic E-state index is 11.9. The van der Waals surface area contributed by atoms with Crippen molar-refractivity contribution in [3.63, 3.8) is 0 Å². The van der Waals surface area contributed by atoms with Gasteiger partial charge in [-0.1, -0.05) is 17.8 Å². The average Bonchev–Trinajstić information content (AvgIpc) is 3.22. The summed E-state index contributed by atoms with van der Waals surface area (Å²) in [6, 6.07) is 4.01. The molecule has 0 bridgehead atoms. The van der Waals surface area contributed by atoms with Crippen molar-refractivity contribution in [3.05, 3.63) is 28.2 Å². The molecule has 0 aliphatic carbocycles. The van der Waals surface area contributed by atoms with E-state index in [-0.39, 0.29) is 5.91 Å². The highest BCUT2D eigenvalue weighted by Gasteiger charge is 2.21. The molecule has 124 valence electrons. The van der Waals surface area contributed by atoms with Crippen molar-refractivity contribution >= 4 is 29.0 Å². The number of thiophene rings is 1. The molecule has 3 rings (SSSR count). The molecule has 3 heterocycles. The van der Waals surface area contributed by atoms with Crippen LogP contribution < -0.4 is 10.6 Å². The highest BCUT2D eigenvalue weighted by atomic mass is 32.2. The van der Waals surface area contributed by atoms with Crippen LogP contribution in [0.2, 0.25) is 0 Å². The molecule has 2 N–H and O–H groups in total. The number of hydrogen-bond donors (Lipinski definition) is 2. The molecule has 2 aromatic rings. The van der Waals surface area contributed by atoms with E-state index in [0.29, 0.717) is 18.2 Å². The zero-order valence-electron chi connectivity index (χ0n) is 13.1. The molecule has 2 aromatic heterocycles. The van der Waals surface area contributed by atoms with Gasteiger partial charge in [0.2, 0.25) is 5.91 Å². The van der Waals surface area contributed by atoms with Crippen LogP contribution in [-0.2, 0) is 18.4 Å². The highest BCUT2D eigenvalue weighted by Crippen LogP contribution is 2.24. The largest absolute Gasteiger partial charge is 0.350 e. The molecular formula is C15H21N5OS2. The number of hydrogen-bond acceptors (Lipinski definition) is 6. The van der Waals surface area contributed by atoms with Gasteiger partial charge >= 0.3 is 0 Å². The van der Waals surface area contributed by atoms with Crippen molar-refractivity contribution in [1.82, 2.24) is 25.4 Å². The van der Waals surface area contributed by atoms with Crippen molar-refractivity contribution in [1.29, 1.82) is 0 Å². The fraction of sp³-hybridized carbons (Fsp3) is 0.533. The van der Waals surface area contributed by atoms with E-state index in [9.17, 15) is 4.79 Å². The van der Waals surface area contributed by atoms with Gasteiger partial charge in [-0.3, -0.25) is 4.79 Å². The van der Waals surface area contributed by atoms with Gasteiger partial charge in [0.1, 0.15) is 5.82 Å². The van der Waals surface area contributed by atoms with E-state index in [0.717, 1.165) is 35.4 Å². The van der Waals surface area contributed by atoms with E-state index in [1.807, 2.05) is 29.1 Å². The third kappa shape index (κ3) is 4.33. The smallest absolute Gasteiger partial charge is 0.230 e. The van der Waals surface area contributed by atoms with Crippen LogP contribution in [0, 0.1) is 0 Å². The Morgan fingerprint density at radius 2 is 2.48 bits per heavy atom. The normalized spacial score (nSPS) is 18.0. The molecule has 1 amide bonds. The van der Waals surface area contributed by atoms with Crippen LogP contribution in [0.25, 0.3) is 0 Å². The lowest BCUT2D eigenvalue weighted by Gasteiger charge is -2.21. The summed E-state index contributed by atoms with van der Waals surface area (Å²) in [5.41, 5.74) is 0. The van der Waals surface area contributed by atoms with Crippen LogP contribution in [0.1, 0.15) is 29.5 Å². The zero-order chi connectivity index (χ0) is 16.1. The van der Waals surface area contributed by atoms with Crippen LogP contribution in [0.3, 0.4) is 0 Å². The van der Waals surface area contributed by atoms with Gasteiger partial charge in [-0.2, -0.15) is 0 Å². The first-order valence-corrected chi connectivity index (χ1v) is 9.62. The van der Waals surface area contributed by atoms with Gasteiger partial charge in [0.15, 0.2) is 5.16 Å². The van der Waals surface area contributed by atoms with Gasteiger partial charge in [0, 0.05) is 24.4 Å². The van der Waals surface area contributed by atoms with Crippen molar-refractivity contribution in [2.45, 2.75) is 30.5 Å². The Hall–Kier alpha value is -1.38. The first-order chi connectivity index (χ1) is 11.2. The summed E-state index contributed by atoms with van der Waals surface area (Å²) >= 11 is 3.08. The minimum atomic E-state index is 0.0206. The Kier molecular flexibility index (Phi) is 5.69. The van der Waals surface area contributed by atoms with Crippen LogP contribution in [0.4, 0.5) is 0 Å². The van der Waals surface area contributed by atoms with Crippen molar-refractivity contribution in [2.75, 3.05) is 18.8 Å². The fourth-order valence-corrected chi connectivity index (χ4v) is 4.05. The second-order valence-electron chi connectivity index (χ2n) is 5.59. The maximum Gasteiger partial charge on any atom is 0.230 e. The monoisotopic (exact) mass is 351 g/mol. The average molecular weight is 352 g/mol. The predicted molar refractivity (Wildman–Crippen MR) is 92.7 cm³/mol. The molecule has 23 heavy (non-hydrogen) atoms. The topological polar surface area (TPSA) is 71.8 Å². The maximum absolute atomic E-state index is 11.9. The summed E-state index contributed by atoms with van der Waals surface area (Å²) in [7, 11) is 1.98. The van der Waals surface area contributed by atoms with E-state index >= 15 is 0 Å². The van der Waals surface area contributed by atoms with Gasteiger partial charge in [-0.15, -0.1) is 21.5 Å². The number of rotatable bonds is 6. The number of carbonyl (C=O) groups is 1. The number of piperidine rings is 1. The molecule has 0 aromatic carbocycles. The molecule has 8 heteroatoms. The summed E-state index contributed by atoms with van der Waals surface area (Å²) < 4.78 is 2.02. The number of amides is 1. The number of thioether (sulfide) groups is 1. The minimum Gasteiger partial charge on any atom is -0.350 e. The van der Waals surface area contributed by atoms with Gasteiger partial charge in [-0.25, -0.2) is 0 Å². The second-order valence-corrected chi connectivity index (χ2v) is 7.56. The molecule has 1 aliphatic heterocycles. The lowest BCUT2D eigenvalue weighted by molar-refractivity contribution is -0.118. The molecule has 1 unspecified atom stereocenters. The van der Waals surface area contributed by atoms with E-state index in [2.05, 4.69) is 20.8 Å². The van der Waals surface area contributed by atoms with Gasteiger partial charge in [0.25, 0.3) is 0 Å². The van der Waals surface area contributed by atoms with E-state index in [1.54, 1.807) is 11.3 Å². The van der Waals surface area contributed by atoms with Crippen molar-refractivity contribution in [3.8, 4) is 0 Å². The van der Waals surface area contributed by atoms with Crippen molar-refractivity contribution < 1.29 is 4.79 Å². The third-order valence-corrected chi connectivity index (χ3v) is 5.80. The molecule has 1 fully saturated rings. The SMILES string of the molecule is Cn1c(SCC(=O)NCc2cccs2)nnc1C1CCCNC1. The summed E-state index contributed by atoms with van der Waals surface area (Å²) in [6.07, 6.45) is 2.32. The summed E-state index contributed by atoms with van der Waals surface area (Å²) in [6.45, 7) is 2.63. The number of nitrogens with zero attached hydrogens (tertiary/aromatic N) is 3. The zero-order valence-corrected chi connectivity index (χ0v) is 14.8. The molecule has 0 saturated carbocycles. The second kappa shape index (κ2) is 7.94. The lowest BCUT2D eigenvalue weighted by Crippen LogP contribution is -2.29. The van der Waals surface area contributed by atoms with Crippen LogP contribution in [0.5, 0.6) is 0 Å². The summed E-state index contributed by atoms with van der Waals surface area (Å²) in [4.78, 5) is 13.1. The van der Waals surface area contributed by atoms with Gasteiger partial charge in [0.05, 0.1) is 12.3 Å². The predicted octanol–water partition coefficient (Wildman–Crippen LogP) is 1.75. The lowest BCUT2D eigenvalue weighted by atomic mass is 9.99. The Balaban J connectivity index is 1.50. The molecule has 1 aliphatic rings. The van der Waals surface area contributed by atoms with E-state index < -0.39 is 0 Å². The first-order valence-electron chi connectivity index (χ1n) is 7.76. The van der Waals surface area contributed by atoms with Crippen LogP contribution in [0.15, 0.2) is 22.7 Å². The molecule has 6 nitrogen and oxygen atoms in total. The fourth-order valence-electron chi connectivity index (χ4n) is 2.66. The van der Waals surface area contributed by atoms with E-state index in [4.69, 9.17) is 0 Å². The quantitative estimate of drug-likeness (QED) is 0.776. The molecule has 0 radical (unpaired) electrons. The Labute approximate surface area is 144 Å². The molecule has 1 atom stereocenters. The number of carbonyl (C=O) groups excluding carboxylic acids is 1. The molecular weight excluding hydrogens is 330 g/mol. The Bertz CT molecular complexity index is 634. The molecule has 0 spiro atoms. The summed E-state index contributed by atoms with van der Waals surface area (Å²) in [5, 5.41) is 17.7. The highest BCUT2D eigenvalue weighted by molar-refractivity contribution is 7.99. The number of nitrogens with one attached hydrogen (secondary N) is 2.